The minimum absolute atomic E-state index is 0.0481. The van der Waals surface area contributed by atoms with E-state index in [1.807, 2.05) is 18.2 Å². The Kier molecular flexibility index (Phi) is 3.45. The molecule has 1 aromatic heterocycles. The molecule has 2 amide bonds. The zero-order valence-corrected chi connectivity index (χ0v) is 13.6. The summed E-state index contributed by atoms with van der Waals surface area (Å²) >= 11 is 0. The van der Waals surface area contributed by atoms with E-state index in [0.29, 0.717) is 18.5 Å². The highest BCUT2D eigenvalue weighted by molar-refractivity contribution is 6.03. The summed E-state index contributed by atoms with van der Waals surface area (Å²) in [5, 5.41) is 9.64. The van der Waals surface area contributed by atoms with E-state index in [0.717, 1.165) is 5.56 Å². The van der Waals surface area contributed by atoms with E-state index < -0.39 is 12.0 Å². The fourth-order valence-electron chi connectivity index (χ4n) is 4.16. The smallest absolute Gasteiger partial charge is 0.352 e. The molecule has 4 rings (SSSR count). The summed E-state index contributed by atoms with van der Waals surface area (Å²) in [5.74, 6) is -1.60. The number of carboxylic acids is 1. The summed E-state index contributed by atoms with van der Waals surface area (Å²) in [6, 6.07) is 2.87. The van der Waals surface area contributed by atoms with Crippen molar-refractivity contribution in [2.24, 2.45) is 5.92 Å². The van der Waals surface area contributed by atoms with E-state index >= 15 is 0 Å². The normalized spacial score (nSPS) is 27.6. The standard InChI is InChI=1S/C18H17N3O4/c1-10(22)20-9-6-13-12(3-2-11-4-7-19-8-5-11)15(18(24)25)21-14(13)16(20)17(21)23/h2-5,7-8,13-14,16H,6,9H2,1H3,(H,24,25)/b3-2+/t13?,14-,16+/m1/s1. The molecule has 128 valence electrons. The molecule has 0 saturated carbocycles. The predicted octanol–water partition coefficient (Wildman–Crippen LogP) is 0.895. The van der Waals surface area contributed by atoms with Crippen molar-refractivity contribution < 1.29 is 19.5 Å². The van der Waals surface area contributed by atoms with Gasteiger partial charge in [-0.1, -0.05) is 12.2 Å². The van der Waals surface area contributed by atoms with Gasteiger partial charge in [0.15, 0.2) is 0 Å². The highest BCUT2D eigenvalue weighted by Crippen LogP contribution is 2.49. The summed E-state index contributed by atoms with van der Waals surface area (Å²) in [5.41, 5.74) is 1.62. The first kappa shape index (κ1) is 15.6. The lowest BCUT2D eigenvalue weighted by Gasteiger charge is -2.53. The minimum atomic E-state index is -1.11. The molecule has 0 radical (unpaired) electrons. The number of hydrogen-bond acceptors (Lipinski definition) is 4. The van der Waals surface area contributed by atoms with Crippen LogP contribution in [0.3, 0.4) is 0 Å². The molecular formula is C18H17N3O4. The average molecular weight is 339 g/mol. The number of nitrogens with zero attached hydrogens (tertiary/aromatic N) is 3. The van der Waals surface area contributed by atoms with Crippen LogP contribution in [0.2, 0.25) is 0 Å². The second-order valence-electron chi connectivity index (χ2n) is 6.47. The Morgan fingerprint density at radius 3 is 2.64 bits per heavy atom. The number of carboxylic acid groups (broad SMARTS) is 1. The minimum Gasteiger partial charge on any atom is -0.477 e. The lowest BCUT2D eigenvalue weighted by Crippen LogP contribution is -2.73. The van der Waals surface area contributed by atoms with Gasteiger partial charge in [-0.05, 0) is 29.7 Å². The van der Waals surface area contributed by atoms with E-state index in [1.54, 1.807) is 23.4 Å². The number of carbonyl (C=O) groups excluding carboxylic acids is 2. The molecule has 2 fully saturated rings. The Bertz CT molecular complexity index is 830. The largest absolute Gasteiger partial charge is 0.477 e. The Hall–Kier alpha value is -2.96. The van der Waals surface area contributed by atoms with Crippen molar-refractivity contribution in [2.75, 3.05) is 6.54 Å². The highest BCUT2D eigenvalue weighted by atomic mass is 16.4. The number of aromatic nitrogens is 1. The van der Waals surface area contributed by atoms with Crippen LogP contribution in [-0.2, 0) is 14.4 Å². The Balaban J connectivity index is 1.72. The predicted molar refractivity (Wildman–Crippen MR) is 87.8 cm³/mol. The lowest BCUT2D eigenvalue weighted by atomic mass is 9.78. The molecule has 3 atom stereocenters. The average Bonchev–Trinajstić information content (AvgIpc) is 2.92. The number of aliphatic carboxylic acids is 1. The third kappa shape index (κ3) is 2.19. The first-order valence-corrected chi connectivity index (χ1v) is 8.16. The molecule has 1 unspecified atom stereocenters. The lowest BCUT2D eigenvalue weighted by molar-refractivity contribution is -0.168. The van der Waals surface area contributed by atoms with Gasteiger partial charge in [0.2, 0.25) is 5.91 Å². The van der Waals surface area contributed by atoms with Crippen LogP contribution in [0.25, 0.3) is 6.08 Å². The second kappa shape index (κ2) is 5.54. The first-order valence-electron chi connectivity index (χ1n) is 8.16. The van der Waals surface area contributed by atoms with Crippen molar-refractivity contribution in [3.63, 3.8) is 0 Å². The van der Waals surface area contributed by atoms with Crippen molar-refractivity contribution in [3.8, 4) is 0 Å². The summed E-state index contributed by atoms with van der Waals surface area (Å²) < 4.78 is 0. The van der Waals surface area contributed by atoms with Crippen molar-refractivity contribution >= 4 is 23.9 Å². The molecule has 1 aromatic rings. The number of carbonyl (C=O) groups is 3. The van der Waals surface area contributed by atoms with Crippen molar-refractivity contribution in [1.82, 2.24) is 14.8 Å². The van der Waals surface area contributed by atoms with E-state index in [4.69, 9.17) is 0 Å². The Morgan fingerprint density at radius 2 is 2.00 bits per heavy atom. The molecule has 7 heteroatoms. The Labute approximate surface area is 144 Å². The van der Waals surface area contributed by atoms with E-state index in [9.17, 15) is 19.5 Å². The summed E-state index contributed by atoms with van der Waals surface area (Å²) in [6.45, 7) is 1.92. The molecule has 0 aromatic carbocycles. The molecule has 3 aliphatic rings. The molecule has 2 saturated heterocycles. The molecule has 25 heavy (non-hydrogen) atoms. The zero-order chi connectivity index (χ0) is 17.7. The van der Waals surface area contributed by atoms with Crippen molar-refractivity contribution in [2.45, 2.75) is 25.4 Å². The summed E-state index contributed by atoms with van der Waals surface area (Å²) in [4.78, 5) is 43.0. The number of likely N-dealkylation sites (tertiary alicyclic amines) is 1. The summed E-state index contributed by atoms with van der Waals surface area (Å²) in [7, 11) is 0. The van der Waals surface area contributed by atoms with E-state index in [2.05, 4.69) is 4.98 Å². The van der Waals surface area contributed by atoms with Crippen LogP contribution in [0.4, 0.5) is 0 Å². The van der Waals surface area contributed by atoms with Gasteiger partial charge >= 0.3 is 5.97 Å². The third-order valence-corrected chi connectivity index (χ3v) is 5.22. The number of piperidine rings is 1. The van der Waals surface area contributed by atoms with Gasteiger partial charge in [-0.15, -0.1) is 0 Å². The highest BCUT2D eigenvalue weighted by Gasteiger charge is 2.63. The van der Waals surface area contributed by atoms with Crippen LogP contribution in [0.15, 0.2) is 41.9 Å². The van der Waals surface area contributed by atoms with Crippen LogP contribution in [0.5, 0.6) is 0 Å². The molecule has 0 spiro atoms. The number of rotatable bonds is 3. The van der Waals surface area contributed by atoms with Gasteiger partial charge in [-0.25, -0.2) is 4.79 Å². The van der Waals surface area contributed by atoms with Gasteiger partial charge in [0.05, 0.1) is 6.04 Å². The molecule has 3 aliphatic heterocycles. The first-order chi connectivity index (χ1) is 12.0. The van der Waals surface area contributed by atoms with Crippen LogP contribution in [0.1, 0.15) is 18.9 Å². The maximum atomic E-state index is 12.5. The number of amides is 2. The molecule has 0 bridgehead atoms. The molecule has 4 heterocycles. The number of hydrogen-bond donors (Lipinski definition) is 1. The topological polar surface area (TPSA) is 90.8 Å². The van der Waals surface area contributed by atoms with Crippen molar-refractivity contribution in [3.05, 3.63) is 47.4 Å². The maximum absolute atomic E-state index is 12.5. The molecular weight excluding hydrogens is 322 g/mol. The fourth-order valence-corrected chi connectivity index (χ4v) is 4.16. The number of β-lactam (4-membered cyclic amide) rings is 1. The van der Waals surface area contributed by atoms with Crippen LogP contribution in [-0.4, -0.2) is 56.3 Å². The second-order valence-corrected chi connectivity index (χ2v) is 6.47. The molecule has 7 nitrogen and oxygen atoms in total. The number of allylic oxidation sites excluding steroid dienone is 1. The van der Waals surface area contributed by atoms with Crippen LogP contribution in [0, 0.1) is 5.92 Å². The van der Waals surface area contributed by atoms with E-state index in [-0.39, 0.29) is 29.5 Å². The van der Waals surface area contributed by atoms with E-state index in [1.165, 1.54) is 11.8 Å². The van der Waals surface area contributed by atoms with Crippen molar-refractivity contribution in [1.29, 1.82) is 0 Å². The van der Waals surface area contributed by atoms with Gasteiger partial charge < -0.3 is 10.0 Å². The molecule has 1 N–H and O–H groups in total. The van der Waals surface area contributed by atoms with Gasteiger partial charge in [-0.3, -0.25) is 19.5 Å². The zero-order valence-electron chi connectivity index (χ0n) is 13.6. The van der Waals surface area contributed by atoms with Crippen LogP contribution >= 0.6 is 0 Å². The van der Waals surface area contributed by atoms with Gasteiger partial charge in [0.1, 0.15) is 11.7 Å². The number of pyridine rings is 1. The Morgan fingerprint density at radius 1 is 1.28 bits per heavy atom. The summed E-state index contributed by atoms with van der Waals surface area (Å²) in [6.07, 6.45) is 7.60. The monoisotopic (exact) mass is 339 g/mol. The van der Waals surface area contributed by atoms with Crippen LogP contribution < -0.4 is 0 Å². The van der Waals surface area contributed by atoms with Gasteiger partial charge in [0.25, 0.3) is 5.91 Å². The SMILES string of the molecule is CC(=O)N1CCC2C(/C=C/c3ccncc3)=C(C(=O)O)N3C(=O)[C@@H]1[C@@H]23. The third-order valence-electron chi connectivity index (χ3n) is 5.22. The van der Waals surface area contributed by atoms with Gasteiger partial charge in [-0.2, -0.15) is 0 Å². The maximum Gasteiger partial charge on any atom is 0.352 e. The molecule has 0 aliphatic carbocycles. The van der Waals surface area contributed by atoms with Gasteiger partial charge in [0, 0.05) is 31.8 Å². The quantitative estimate of drug-likeness (QED) is 0.826. The fraction of sp³-hybridized carbons (Fsp3) is 0.333.